The second kappa shape index (κ2) is 6.60. The van der Waals surface area contributed by atoms with Gasteiger partial charge in [-0.2, -0.15) is 0 Å². The van der Waals surface area contributed by atoms with E-state index < -0.39 is 6.10 Å². The quantitative estimate of drug-likeness (QED) is 0.881. The number of benzene rings is 1. The highest BCUT2D eigenvalue weighted by Gasteiger charge is 2.30. The number of hydrogen-bond donors (Lipinski definition) is 2. The maximum Gasteiger partial charge on any atom is 0.255 e. The number of carbonyl (C=O) groups excluding carboxylic acids is 1. The highest BCUT2D eigenvalue weighted by Crippen LogP contribution is 2.30. The maximum absolute atomic E-state index is 12.2. The molecule has 6 nitrogen and oxygen atoms in total. The molecule has 7 heteroatoms. The zero-order chi connectivity index (χ0) is 15.5. The van der Waals surface area contributed by atoms with Gasteiger partial charge in [-0.3, -0.25) is 10.1 Å². The molecule has 1 aliphatic heterocycles. The van der Waals surface area contributed by atoms with Gasteiger partial charge >= 0.3 is 0 Å². The number of amides is 1. The van der Waals surface area contributed by atoms with E-state index in [4.69, 9.17) is 15.2 Å². The standard InChI is InChI=1S/C15H19N3O3S/c1-2-20-9-3-5-11-13(7-9)22-15(17-11)18-14(19)12-6-4-10(8-16)21-12/h3,5,7,10,12H,2,4,6,8,16H2,1H3,(H,17,18,19)/t10-,12+/m1/s1. The molecule has 1 aromatic carbocycles. The molecule has 22 heavy (non-hydrogen) atoms. The van der Waals surface area contributed by atoms with Crippen LogP contribution in [0.2, 0.25) is 0 Å². The number of thiazole rings is 1. The molecule has 1 amide bonds. The van der Waals surface area contributed by atoms with Gasteiger partial charge in [0.25, 0.3) is 5.91 Å². The third kappa shape index (κ3) is 3.21. The first-order valence-corrected chi connectivity index (χ1v) is 8.21. The minimum Gasteiger partial charge on any atom is -0.494 e. The number of hydrogen-bond acceptors (Lipinski definition) is 6. The van der Waals surface area contributed by atoms with Crippen LogP contribution in [-0.2, 0) is 9.53 Å². The number of fused-ring (bicyclic) bond motifs is 1. The van der Waals surface area contributed by atoms with E-state index in [-0.39, 0.29) is 12.0 Å². The summed E-state index contributed by atoms with van der Waals surface area (Å²) in [6, 6.07) is 5.70. The number of nitrogens with zero attached hydrogens (tertiary/aromatic N) is 1. The molecule has 0 aliphatic carbocycles. The van der Waals surface area contributed by atoms with Gasteiger partial charge in [-0.15, -0.1) is 0 Å². The fourth-order valence-corrected chi connectivity index (χ4v) is 3.37. The van der Waals surface area contributed by atoms with E-state index in [1.165, 1.54) is 11.3 Å². The molecule has 1 aliphatic rings. The van der Waals surface area contributed by atoms with Gasteiger partial charge in [0.1, 0.15) is 11.9 Å². The van der Waals surface area contributed by atoms with Crippen molar-refractivity contribution in [3.8, 4) is 5.75 Å². The predicted octanol–water partition coefficient (Wildman–Crippen LogP) is 2.14. The Hall–Kier alpha value is -1.70. The van der Waals surface area contributed by atoms with Crippen molar-refractivity contribution in [3.05, 3.63) is 18.2 Å². The fourth-order valence-electron chi connectivity index (χ4n) is 2.47. The van der Waals surface area contributed by atoms with Crippen LogP contribution in [-0.4, -0.2) is 36.3 Å². The number of rotatable bonds is 5. The molecule has 1 saturated heterocycles. The number of ether oxygens (including phenoxy) is 2. The molecule has 0 unspecified atom stereocenters. The summed E-state index contributed by atoms with van der Waals surface area (Å²) in [6.07, 6.45) is 1.08. The number of carbonyl (C=O) groups is 1. The first-order valence-electron chi connectivity index (χ1n) is 7.39. The van der Waals surface area contributed by atoms with Crippen LogP contribution in [0.3, 0.4) is 0 Å². The Labute approximate surface area is 132 Å². The van der Waals surface area contributed by atoms with Crippen LogP contribution in [0.25, 0.3) is 10.2 Å². The predicted molar refractivity (Wildman–Crippen MR) is 86.4 cm³/mol. The van der Waals surface area contributed by atoms with Gasteiger partial charge in [-0.1, -0.05) is 11.3 Å². The molecule has 0 saturated carbocycles. The first-order chi connectivity index (χ1) is 10.7. The Morgan fingerprint density at radius 1 is 1.55 bits per heavy atom. The molecule has 2 atom stereocenters. The van der Waals surface area contributed by atoms with Gasteiger partial charge in [0.2, 0.25) is 0 Å². The van der Waals surface area contributed by atoms with Gasteiger partial charge in [0.15, 0.2) is 5.13 Å². The minimum absolute atomic E-state index is 0.0140. The van der Waals surface area contributed by atoms with Crippen molar-refractivity contribution in [2.45, 2.75) is 32.0 Å². The van der Waals surface area contributed by atoms with Crippen molar-refractivity contribution in [3.63, 3.8) is 0 Å². The molecule has 1 fully saturated rings. The Morgan fingerprint density at radius 2 is 2.41 bits per heavy atom. The number of aromatic nitrogens is 1. The molecule has 1 aromatic heterocycles. The molecule has 2 heterocycles. The smallest absolute Gasteiger partial charge is 0.255 e. The minimum atomic E-state index is -0.431. The number of nitrogens with two attached hydrogens (primary N) is 1. The molecule has 118 valence electrons. The van der Waals surface area contributed by atoms with E-state index in [9.17, 15) is 4.79 Å². The largest absolute Gasteiger partial charge is 0.494 e. The van der Waals surface area contributed by atoms with Crippen molar-refractivity contribution in [1.82, 2.24) is 4.98 Å². The van der Waals surface area contributed by atoms with Crippen LogP contribution < -0.4 is 15.8 Å². The van der Waals surface area contributed by atoms with Gasteiger partial charge in [0.05, 0.1) is 22.9 Å². The number of nitrogens with one attached hydrogen (secondary N) is 1. The molecule has 2 aromatic rings. The molecule has 0 radical (unpaired) electrons. The molecule has 0 spiro atoms. The lowest BCUT2D eigenvalue weighted by molar-refractivity contribution is -0.126. The summed E-state index contributed by atoms with van der Waals surface area (Å²) >= 11 is 1.43. The van der Waals surface area contributed by atoms with E-state index in [1.807, 2.05) is 25.1 Å². The fraction of sp³-hybridized carbons (Fsp3) is 0.467. The average Bonchev–Trinajstić information content (AvgIpc) is 3.12. The van der Waals surface area contributed by atoms with Crippen molar-refractivity contribution >= 4 is 32.6 Å². The summed E-state index contributed by atoms with van der Waals surface area (Å²) in [7, 11) is 0. The lowest BCUT2D eigenvalue weighted by Gasteiger charge is -2.10. The van der Waals surface area contributed by atoms with E-state index in [1.54, 1.807) is 0 Å². The highest BCUT2D eigenvalue weighted by atomic mass is 32.1. The topological polar surface area (TPSA) is 86.5 Å². The number of anilines is 1. The van der Waals surface area contributed by atoms with E-state index >= 15 is 0 Å². The van der Waals surface area contributed by atoms with Crippen LogP contribution in [0, 0.1) is 0 Å². The maximum atomic E-state index is 12.2. The zero-order valence-electron chi connectivity index (χ0n) is 12.4. The summed E-state index contributed by atoms with van der Waals surface area (Å²) in [5.74, 6) is 0.654. The van der Waals surface area contributed by atoms with Crippen molar-refractivity contribution in [1.29, 1.82) is 0 Å². The normalized spacial score (nSPS) is 21.2. The third-order valence-corrected chi connectivity index (χ3v) is 4.50. The summed E-state index contributed by atoms with van der Waals surface area (Å²) in [5, 5.41) is 3.41. The Kier molecular flexibility index (Phi) is 4.56. The van der Waals surface area contributed by atoms with Crippen LogP contribution in [0.1, 0.15) is 19.8 Å². The summed E-state index contributed by atoms with van der Waals surface area (Å²) in [4.78, 5) is 16.6. The molecular weight excluding hydrogens is 302 g/mol. The Balaban J connectivity index is 1.70. The van der Waals surface area contributed by atoms with Gasteiger partial charge < -0.3 is 15.2 Å². The van der Waals surface area contributed by atoms with E-state index in [2.05, 4.69) is 10.3 Å². The molecular formula is C15H19N3O3S. The Morgan fingerprint density at radius 3 is 3.14 bits per heavy atom. The first kappa shape index (κ1) is 15.2. The van der Waals surface area contributed by atoms with Gasteiger partial charge in [0, 0.05) is 6.54 Å². The molecule has 0 bridgehead atoms. The second-order valence-corrected chi connectivity index (χ2v) is 6.16. The van der Waals surface area contributed by atoms with Crippen LogP contribution in [0.4, 0.5) is 5.13 Å². The molecule has 3 N–H and O–H groups in total. The lowest BCUT2D eigenvalue weighted by atomic mass is 10.2. The summed E-state index contributed by atoms with van der Waals surface area (Å²) < 4.78 is 12.0. The van der Waals surface area contributed by atoms with Crippen molar-refractivity contribution in [2.24, 2.45) is 5.73 Å². The summed E-state index contributed by atoms with van der Waals surface area (Å²) in [5.41, 5.74) is 6.40. The van der Waals surface area contributed by atoms with Crippen molar-refractivity contribution in [2.75, 3.05) is 18.5 Å². The van der Waals surface area contributed by atoms with Crippen LogP contribution >= 0.6 is 11.3 Å². The van der Waals surface area contributed by atoms with E-state index in [0.717, 1.165) is 22.4 Å². The monoisotopic (exact) mass is 321 g/mol. The summed E-state index contributed by atoms with van der Waals surface area (Å²) in [6.45, 7) is 3.01. The second-order valence-electron chi connectivity index (χ2n) is 5.13. The van der Waals surface area contributed by atoms with Gasteiger partial charge in [-0.05, 0) is 38.0 Å². The highest BCUT2D eigenvalue weighted by molar-refractivity contribution is 7.22. The van der Waals surface area contributed by atoms with Crippen LogP contribution in [0.15, 0.2) is 18.2 Å². The molecule has 3 rings (SSSR count). The Bertz CT molecular complexity index is 673. The van der Waals surface area contributed by atoms with E-state index in [0.29, 0.717) is 24.7 Å². The zero-order valence-corrected chi connectivity index (χ0v) is 13.2. The van der Waals surface area contributed by atoms with Crippen molar-refractivity contribution < 1.29 is 14.3 Å². The third-order valence-electron chi connectivity index (χ3n) is 3.56. The average molecular weight is 321 g/mol. The lowest BCUT2D eigenvalue weighted by Crippen LogP contribution is -2.29. The SMILES string of the molecule is CCOc1ccc2nc(NC(=O)[C@@H]3CC[C@H](CN)O3)sc2c1. The van der Waals surface area contributed by atoms with Crippen LogP contribution in [0.5, 0.6) is 5.75 Å². The van der Waals surface area contributed by atoms with Gasteiger partial charge in [-0.25, -0.2) is 4.98 Å².